The Kier molecular flexibility index (Phi) is 2.55. The molecule has 1 saturated heterocycles. The van der Waals surface area contributed by atoms with Gasteiger partial charge in [0.25, 0.3) is 0 Å². The number of hydrogen-bond acceptors (Lipinski definition) is 3. The van der Waals surface area contributed by atoms with E-state index in [1.165, 1.54) is 4.90 Å². The van der Waals surface area contributed by atoms with E-state index in [0.29, 0.717) is 18.4 Å². The summed E-state index contributed by atoms with van der Waals surface area (Å²) in [4.78, 5) is 33.5. The second-order valence-corrected chi connectivity index (χ2v) is 5.97. The summed E-state index contributed by atoms with van der Waals surface area (Å²) in [5.41, 5.74) is 0. The summed E-state index contributed by atoms with van der Waals surface area (Å²) >= 11 is 0. The van der Waals surface area contributed by atoms with Crippen LogP contribution in [0.15, 0.2) is 24.5 Å². The molecule has 4 unspecified atom stereocenters. The first-order valence-corrected chi connectivity index (χ1v) is 7.27. The van der Waals surface area contributed by atoms with Gasteiger partial charge in [0.05, 0.1) is 11.8 Å². The Hall–Kier alpha value is -1.91. The second-order valence-electron chi connectivity index (χ2n) is 5.97. The van der Waals surface area contributed by atoms with Crippen molar-refractivity contribution < 1.29 is 9.59 Å². The number of amides is 2. The summed E-state index contributed by atoms with van der Waals surface area (Å²) in [5, 5.41) is 0. The van der Waals surface area contributed by atoms with Crippen LogP contribution in [0, 0.1) is 23.7 Å². The predicted molar refractivity (Wildman–Crippen MR) is 71.3 cm³/mol. The summed E-state index contributed by atoms with van der Waals surface area (Å²) < 4.78 is 0. The van der Waals surface area contributed by atoms with E-state index >= 15 is 0 Å². The topological polar surface area (TPSA) is 66.1 Å². The number of aromatic nitrogens is 2. The van der Waals surface area contributed by atoms with Crippen LogP contribution in [-0.4, -0.2) is 33.2 Å². The average molecular weight is 271 g/mol. The van der Waals surface area contributed by atoms with Gasteiger partial charge in [-0.15, -0.1) is 0 Å². The van der Waals surface area contributed by atoms with E-state index in [2.05, 4.69) is 22.1 Å². The molecule has 4 atom stereocenters. The van der Waals surface area contributed by atoms with Gasteiger partial charge in [-0.2, -0.15) is 0 Å². The van der Waals surface area contributed by atoms with Gasteiger partial charge in [0.1, 0.15) is 5.82 Å². The van der Waals surface area contributed by atoms with Crippen LogP contribution in [-0.2, 0) is 16.0 Å². The average Bonchev–Trinajstić information content (AvgIpc) is 3.18. The number of carbonyl (C=O) groups excluding carboxylic acids is 2. The molecule has 0 spiro atoms. The van der Waals surface area contributed by atoms with E-state index in [9.17, 15) is 9.59 Å². The molecule has 5 nitrogen and oxygen atoms in total. The molecule has 0 aromatic carbocycles. The maximum Gasteiger partial charge on any atom is 0.233 e. The number of nitrogens with zero attached hydrogens (tertiary/aromatic N) is 2. The Labute approximate surface area is 117 Å². The first kappa shape index (κ1) is 11.9. The van der Waals surface area contributed by atoms with Crippen LogP contribution < -0.4 is 0 Å². The number of fused-ring (bicyclic) bond motifs is 5. The minimum absolute atomic E-state index is 0.0521. The van der Waals surface area contributed by atoms with Gasteiger partial charge < -0.3 is 4.98 Å². The van der Waals surface area contributed by atoms with Gasteiger partial charge >= 0.3 is 0 Å². The Morgan fingerprint density at radius 1 is 1.20 bits per heavy atom. The van der Waals surface area contributed by atoms with Crippen LogP contribution in [0.4, 0.5) is 0 Å². The van der Waals surface area contributed by atoms with Crippen molar-refractivity contribution in [3.8, 4) is 0 Å². The molecule has 4 rings (SSSR count). The highest BCUT2D eigenvalue weighted by molar-refractivity contribution is 6.06. The van der Waals surface area contributed by atoms with Crippen LogP contribution in [0.2, 0.25) is 0 Å². The van der Waals surface area contributed by atoms with Crippen molar-refractivity contribution in [3.05, 3.63) is 30.4 Å². The lowest BCUT2D eigenvalue weighted by Crippen LogP contribution is -2.34. The summed E-state index contributed by atoms with van der Waals surface area (Å²) in [6.45, 7) is 0.519. The molecule has 1 aromatic heterocycles. The maximum atomic E-state index is 12.4. The Morgan fingerprint density at radius 3 is 2.50 bits per heavy atom. The van der Waals surface area contributed by atoms with Gasteiger partial charge in [0.2, 0.25) is 11.8 Å². The highest BCUT2D eigenvalue weighted by Crippen LogP contribution is 2.52. The number of allylic oxidation sites excluding steroid dienone is 2. The Bertz CT molecular complexity index is 548. The molecule has 2 bridgehead atoms. The fourth-order valence-electron chi connectivity index (χ4n) is 4.02. The van der Waals surface area contributed by atoms with Gasteiger partial charge in [0.15, 0.2) is 0 Å². The van der Waals surface area contributed by atoms with Gasteiger partial charge in [0, 0.05) is 25.4 Å². The van der Waals surface area contributed by atoms with Gasteiger partial charge in [-0.1, -0.05) is 12.2 Å². The normalized spacial score (nSPS) is 34.3. The molecule has 1 N–H and O–H groups in total. The molecular formula is C15H17N3O2. The zero-order valence-electron chi connectivity index (χ0n) is 11.2. The van der Waals surface area contributed by atoms with Crippen LogP contribution in [0.3, 0.4) is 0 Å². The van der Waals surface area contributed by atoms with Crippen LogP contribution >= 0.6 is 0 Å². The number of aromatic amines is 1. The molecule has 1 aliphatic heterocycles. The zero-order valence-corrected chi connectivity index (χ0v) is 11.2. The summed E-state index contributed by atoms with van der Waals surface area (Å²) in [6, 6.07) is 0. The highest BCUT2D eigenvalue weighted by Gasteiger charge is 2.58. The molecule has 1 saturated carbocycles. The number of rotatable bonds is 4. The van der Waals surface area contributed by atoms with E-state index < -0.39 is 0 Å². The lowest BCUT2D eigenvalue weighted by atomic mass is 9.85. The second kappa shape index (κ2) is 4.30. The number of imidazole rings is 1. The molecule has 2 aliphatic carbocycles. The van der Waals surface area contributed by atoms with Crippen LogP contribution in [0.5, 0.6) is 0 Å². The van der Waals surface area contributed by atoms with Crippen molar-refractivity contribution in [1.29, 1.82) is 0 Å². The standard InChI is InChI=1S/C15H17N3O2/c19-14-12-9-3-4-10(8-9)13(12)15(20)18(14)7-1-2-11-16-5-6-17-11/h3-6,9-10,12-13H,1-2,7-8H2,(H,16,17). The van der Waals surface area contributed by atoms with Crippen molar-refractivity contribution in [3.63, 3.8) is 0 Å². The fraction of sp³-hybridized carbons (Fsp3) is 0.533. The monoisotopic (exact) mass is 271 g/mol. The largest absolute Gasteiger partial charge is 0.349 e. The van der Waals surface area contributed by atoms with Crippen molar-refractivity contribution in [2.24, 2.45) is 23.7 Å². The van der Waals surface area contributed by atoms with Crippen LogP contribution in [0.1, 0.15) is 18.7 Å². The Morgan fingerprint density at radius 2 is 1.90 bits per heavy atom. The molecule has 5 heteroatoms. The van der Waals surface area contributed by atoms with E-state index in [-0.39, 0.29) is 23.7 Å². The first-order valence-electron chi connectivity index (χ1n) is 7.27. The number of nitrogens with one attached hydrogen (secondary N) is 1. The van der Waals surface area contributed by atoms with E-state index in [1.807, 2.05) is 0 Å². The molecule has 3 aliphatic rings. The maximum absolute atomic E-state index is 12.4. The number of H-pyrrole nitrogens is 1. The SMILES string of the molecule is O=C1C2C3C=CC(C3)C2C(=O)N1CCCc1ncc[nH]1. The lowest BCUT2D eigenvalue weighted by Gasteiger charge is -2.16. The van der Waals surface area contributed by atoms with Crippen molar-refractivity contribution in [1.82, 2.24) is 14.9 Å². The van der Waals surface area contributed by atoms with E-state index in [4.69, 9.17) is 0 Å². The summed E-state index contributed by atoms with van der Waals surface area (Å²) in [5.74, 6) is 1.48. The van der Waals surface area contributed by atoms with Gasteiger partial charge in [-0.05, 0) is 24.7 Å². The summed E-state index contributed by atoms with van der Waals surface area (Å²) in [6.07, 6.45) is 10.3. The molecule has 0 radical (unpaired) electrons. The smallest absolute Gasteiger partial charge is 0.233 e. The fourth-order valence-corrected chi connectivity index (χ4v) is 4.02. The quantitative estimate of drug-likeness (QED) is 0.660. The number of likely N-dealkylation sites (tertiary alicyclic amines) is 1. The van der Waals surface area contributed by atoms with Crippen molar-refractivity contribution >= 4 is 11.8 Å². The van der Waals surface area contributed by atoms with Gasteiger partial charge in [-0.25, -0.2) is 4.98 Å². The zero-order chi connectivity index (χ0) is 13.7. The number of carbonyl (C=O) groups is 2. The Balaban J connectivity index is 1.43. The molecule has 20 heavy (non-hydrogen) atoms. The van der Waals surface area contributed by atoms with E-state index in [0.717, 1.165) is 25.1 Å². The number of hydrogen-bond donors (Lipinski definition) is 1. The van der Waals surface area contributed by atoms with Crippen LogP contribution in [0.25, 0.3) is 0 Å². The molecule has 1 aromatic rings. The first-order chi connectivity index (χ1) is 9.75. The van der Waals surface area contributed by atoms with Crippen molar-refractivity contribution in [2.75, 3.05) is 6.54 Å². The third-order valence-electron chi connectivity index (χ3n) is 4.91. The minimum Gasteiger partial charge on any atom is -0.349 e. The molecule has 104 valence electrons. The molecule has 2 amide bonds. The minimum atomic E-state index is -0.0684. The van der Waals surface area contributed by atoms with E-state index in [1.54, 1.807) is 12.4 Å². The molecule has 2 heterocycles. The predicted octanol–water partition coefficient (Wildman–Crippen LogP) is 1.15. The highest BCUT2D eigenvalue weighted by atomic mass is 16.2. The number of imide groups is 1. The lowest BCUT2D eigenvalue weighted by molar-refractivity contribution is -0.140. The van der Waals surface area contributed by atoms with Crippen molar-refractivity contribution in [2.45, 2.75) is 19.3 Å². The molecular weight excluding hydrogens is 254 g/mol. The molecule has 2 fully saturated rings. The number of aryl methyl sites for hydroxylation is 1. The third kappa shape index (κ3) is 1.58. The summed E-state index contributed by atoms with van der Waals surface area (Å²) in [7, 11) is 0. The van der Waals surface area contributed by atoms with Gasteiger partial charge in [-0.3, -0.25) is 14.5 Å². The third-order valence-corrected chi connectivity index (χ3v) is 4.91.